The Morgan fingerprint density at radius 1 is 1.11 bits per heavy atom. The molecule has 17 heteroatoms. The zero-order chi connectivity index (χ0) is 33.3. The number of phosphoric acid groups is 1. The number of halogens is 1. The Morgan fingerprint density at radius 2 is 1.89 bits per heavy atom. The molecule has 4 aromatic rings. The van der Waals surface area contributed by atoms with Crippen LogP contribution in [0.5, 0.6) is 5.75 Å². The van der Waals surface area contributed by atoms with Crippen molar-refractivity contribution in [3.05, 3.63) is 59.8 Å². The monoisotopic (exact) mass is 707 g/mol. The lowest BCUT2D eigenvalue weighted by Gasteiger charge is -2.26. The maximum absolute atomic E-state index is 13.9. The van der Waals surface area contributed by atoms with Crippen molar-refractivity contribution in [1.82, 2.24) is 14.6 Å². The summed E-state index contributed by atoms with van der Waals surface area (Å²) in [7, 11) is -8.78. The molecular formula is C30H35ClN5O9PS. The first kappa shape index (κ1) is 33.7. The standard InChI is InChI=1S/C30H35ClN5O9PS/c31-17-20-18-36(30(37)27-14-19-13-21(1-4-26(19)34-27)44-12-8-35-6-10-43-11-7-35)28-16-25(32)24-15-22(2-3-23(24)29(20)28)47(41,42)33-5-9-45-46(38,39)40/h1-4,13-16,20,33-34H,5-12,17-18,32H2,(H2,38,39,40). The molecule has 1 amide bonds. The van der Waals surface area contributed by atoms with Gasteiger partial charge in [-0.25, -0.2) is 17.7 Å². The van der Waals surface area contributed by atoms with Crippen molar-refractivity contribution in [2.45, 2.75) is 10.8 Å². The van der Waals surface area contributed by atoms with Gasteiger partial charge in [-0.3, -0.25) is 14.2 Å². The highest BCUT2D eigenvalue weighted by Crippen LogP contribution is 2.45. The van der Waals surface area contributed by atoms with Crippen molar-refractivity contribution >= 4 is 68.4 Å². The highest BCUT2D eigenvalue weighted by Gasteiger charge is 2.35. The summed E-state index contributed by atoms with van der Waals surface area (Å²) in [6.07, 6.45) is 0. The largest absolute Gasteiger partial charge is 0.492 e. The predicted octanol–water partition coefficient (Wildman–Crippen LogP) is 2.98. The number of phosphoric ester groups is 1. The van der Waals surface area contributed by atoms with Gasteiger partial charge in [0.1, 0.15) is 18.1 Å². The number of nitrogens with two attached hydrogens (primary N) is 1. The molecular weight excluding hydrogens is 673 g/mol. The molecule has 1 fully saturated rings. The second kappa shape index (κ2) is 13.7. The van der Waals surface area contributed by atoms with Crippen molar-refractivity contribution in [3.8, 4) is 5.75 Å². The lowest BCUT2D eigenvalue weighted by Crippen LogP contribution is -2.38. The number of hydrogen-bond donors (Lipinski definition) is 5. The number of nitrogens with one attached hydrogen (secondary N) is 2. The van der Waals surface area contributed by atoms with Crippen LogP contribution in [-0.4, -0.2) is 99.0 Å². The normalized spacial score (nSPS) is 17.4. The average molecular weight is 708 g/mol. The van der Waals surface area contributed by atoms with Crippen LogP contribution in [0.3, 0.4) is 0 Å². The molecule has 0 aliphatic carbocycles. The Hall–Kier alpha value is -3.24. The second-order valence-corrected chi connectivity index (χ2v) is 14.6. The summed E-state index contributed by atoms with van der Waals surface area (Å²) in [4.78, 5) is 38.6. The molecule has 0 radical (unpaired) electrons. The third-order valence-electron chi connectivity index (χ3n) is 8.26. The highest BCUT2D eigenvalue weighted by molar-refractivity contribution is 7.89. The zero-order valence-electron chi connectivity index (χ0n) is 25.2. The number of hydrogen-bond acceptors (Lipinski definition) is 9. The molecule has 1 saturated heterocycles. The van der Waals surface area contributed by atoms with Crippen LogP contribution < -0.4 is 20.1 Å². The summed E-state index contributed by atoms with van der Waals surface area (Å²) in [5.41, 5.74) is 9.27. The molecule has 2 aliphatic heterocycles. The third kappa shape index (κ3) is 7.43. The number of carbonyl (C=O) groups is 1. The van der Waals surface area contributed by atoms with Crippen LogP contribution in [0.15, 0.2) is 53.4 Å². The number of ether oxygens (including phenoxy) is 2. The lowest BCUT2D eigenvalue weighted by molar-refractivity contribution is 0.0322. The van der Waals surface area contributed by atoms with Gasteiger partial charge < -0.3 is 34.9 Å². The topological polar surface area (TPSA) is 197 Å². The van der Waals surface area contributed by atoms with Crippen LogP contribution in [0.1, 0.15) is 22.0 Å². The molecule has 0 saturated carbocycles. The summed E-state index contributed by atoms with van der Waals surface area (Å²) < 4.78 is 54.6. The van der Waals surface area contributed by atoms with E-state index in [4.69, 9.17) is 36.6 Å². The first-order valence-corrected chi connectivity index (χ1v) is 18.5. The second-order valence-electron chi connectivity index (χ2n) is 11.3. The Kier molecular flexibility index (Phi) is 9.81. The molecule has 3 aromatic carbocycles. The van der Waals surface area contributed by atoms with Gasteiger partial charge in [-0.1, -0.05) is 6.07 Å². The molecule has 2 aliphatic rings. The number of alkyl halides is 1. The molecule has 1 unspecified atom stereocenters. The van der Waals surface area contributed by atoms with Gasteiger partial charge in [-0.15, -0.1) is 11.6 Å². The van der Waals surface area contributed by atoms with E-state index in [1.807, 2.05) is 18.2 Å². The van der Waals surface area contributed by atoms with Crippen molar-refractivity contribution in [1.29, 1.82) is 0 Å². The van der Waals surface area contributed by atoms with E-state index in [-0.39, 0.29) is 34.8 Å². The fourth-order valence-electron chi connectivity index (χ4n) is 5.99. The summed E-state index contributed by atoms with van der Waals surface area (Å²) >= 11 is 6.40. The number of nitrogen functional groups attached to an aromatic ring is 1. The molecule has 6 N–H and O–H groups in total. The summed E-state index contributed by atoms with van der Waals surface area (Å²) in [6, 6.07) is 13.6. The van der Waals surface area contributed by atoms with E-state index in [9.17, 15) is 17.8 Å². The lowest BCUT2D eigenvalue weighted by atomic mass is 9.95. The van der Waals surface area contributed by atoms with Gasteiger partial charge in [-0.05, 0) is 53.4 Å². The van der Waals surface area contributed by atoms with Crippen molar-refractivity contribution < 1.29 is 41.6 Å². The maximum atomic E-state index is 13.9. The molecule has 0 spiro atoms. The zero-order valence-corrected chi connectivity index (χ0v) is 27.7. The van der Waals surface area contributed by atoms with E-state index in [0.717, 1.165) is 49.3 Å². The van der Waals surface area contributed by atoms with Gasteiger partial charge in [0.2, 0.25) is 10.0 Å². The van der Waals surface area contributed by atoms with Crippen LogP contribution in [0.25, 0.3) is 21.7 Å². The number of sulfonamides is 1. The third-order valence-corrected chi connectivity index (χ3v) is 10.6. The van der Waals surface area contributed by atoms with Crippen molar-refractivity contribution in [3.63, 3.8) is 0 Å². The number of nitrogens with zero attached hydrogens (tertiary/aromatic N) is 2. The highest BCUT2D eigenvalue weighted by atomic mass is 35.5. The predicted molar refractivity (Wildman–Crippen MR) is 178 cm³/mol. The van der Waals surface area contributed by atoms with Gasteiger partial charge in [-0.2, -0.15) is 0 Å². The molecule has 14 nitrogen and oxygen atoms in total. The Morgan fingerprint density at radius 3 is 2.64 bits per heavy atom. The van der Waals surface area contributed by atoms with Crippen LogP contribution >= 0.6 is 19.4 Å². The van der Waals surface area contributed by atoms with Gasteiger partial charge >= 0.3 is 7.82 Å². The number of anilines is 2. The molecule has 1 atom stereocenters. The first-order valence-electron chi connectivity index (χ1n) is 14.9. The van der Waals surface area contributed by atoms with Crippen LogP contribution in [0.4, 0.5) is 11.4 Å². The molecule has 252 valence electrons. The molecule has 47 heavy (non-hydrogen) atoms. The number of amides is 1. The van der Waals surface area contributed by atoms with Crippen LogP contribution in [-0.2, 0) is 23.8 Å². The Labute approximate surface area is 276 Å². The molecule has 1 aromatic heterocycles. The van der Waals surface area contributed by atoms with Crippen molar-refractivity contribution in [2.24, 2.45) is 0 Å². The number of aromatic amines is 1. The van der Waals surface area contributed by atoms with Crippen LogP contribution in [0.2, 0.25) is 0 Å². The minimum atomic E-state index is -4.73. The molecule has 3 heterocycles. The van der Waals surface area contributed by atoms with E-state index in [0.29, 0.717) is 41.1 Å². The number of aromatic nitrogens is 1. The van der Waals surface area contributed by atoms with Gasteiger partial charge in [0, 0.05) is 66.5 Å². The fraction of sp³-hybridized carbons (Fsp3) is 0.367. The van der Waals surface area contributed by atoms with Gasteiger partial charge in [0.15, 0.2) is 0 Å². The quantitative estimate of drug-likeness (QED) is 0.0628. The minimum Gasteiger partial charge on any atom is -0.492 e. The number of fused-ring (bicyclic) bond motifs is 4. The van der Waals surface area contributed by atoms with E-state index in [1.165, 1.54) is 12.1 Å². The van der Waals surface area contributed by atoms with E-state index in [1.54, 1.807) is 23.1 Å². The smallest absolute Gasteiger partial charge is 0.469 e. The fourth-order valence-corrected chi connectivity index (χ4v) is 7.61. The minimum absolute atomic E-state index is 0.0938. The number of rotatable bonds is 12. The average Bonchev–Trinajstić information content (AvgIpc) is 3.64. The number of morpholine rings is 1. The van der Waals surface area contributed by atoms with Gasteiger partial charge in [0.25, 0.3) is 5.91 Å². The van der Waals surface area contributed by atoms with Gasteiger partial charge in [0.05, 0.1) is 30.4 Å². The Balaban J connectivity index is 1.21. The number of benzene rings is 3. The molecule has 6 rings (SSSR count). The SMILES string of the molecule is Nc1cc2c(c3ccc(S(=O)(=O)NCCOP(=O)(O)O)cc13)C(CCl)CN2C(=O)c1cc2cc(OCCN3CCOCC3)ccc2[nH]1. The van der Waals surface area contributed by atoms with Crippen molar-refractivity contribution in [2.75, 3.05) is 75.7 Å². The Bertz CT molecular complexity index is 1960. The summed E-state index contributed by atoms with van der Waals surface area (Å²) in [5.74, 6) is 0.432. The maximum Gasteiger partial charge on any atom is 0.469 e. The van der Waals surface area contributed by atoms with E-state index >= 15 is 0 Å². The molecule has 0 bridgehead atoms. The summed E-state index contributed by atoms with van der Waals surface area (Å²) in [6.45, 7) is 4.02. The van der Waals surface area contributed by atoms with E-state index in [2.05, 4.69) is 19.1 Å². The van der Waals surface area contributed by atoms with Crippen LogP contribution in [0, 0.1) is 0 Å². The summed E-state index contributed by atoms with van der Waals surface area (Å²) in [5, 5.41) is 1.97. The first-order chi connectivity index (χ1) is 22.4. The number of H-pyrrole nitrogens is 1. The number of carbonyl (C=O) groups excluding carboxylic acids is 1. The van der Waals surface area contributed by atoms with E-state index < -0.39 is 24.5 Å².